The molecule has 82 valence electrons. The molecular formula is C8H13N5O2. The fraction of sp³-hybridized carbons (Fsp3) is 0.375. The topological polar surface area (TPSA) is 113 Å². The first-order valence-electron chi connectivity index (χ1n) is 4.53. The molecule has 0 radical (unpaired) electrons. The molecule has 1 aromatic heterocycles. The van der Waals surface area contributed by atoms with Crippen molar-refractivity contribution in [3.63, 3.8) is 0 Å². The van der Waals surface area contributed by atoms with Gasteiger partial charge in [-0.1, -0.05) is 6.92 Å². The minimum absolute atomic E-state index is 0.00931. The molecule has 0 aliphatic rings. The fourth-order valence-electron chi connectivity index (χ4n) is 1.05. The standard InChI is InChI=1S/C8H13N5O2/c1-2-3-10-6-5(11-4-14)7(15)13-8(9)12-6/h4H,2-3H2,1H3,(H,11,14)(H4,9,10,12,13,15). The Hall–Kier alpha value is -2.05. The quantitative estimate of drug-likeness (QED) is 0.501. The summed E-state index contributed by atoms with van der Waals surface area (Å²) in [7, 11) is 0. The molecule has 7 nitrogen and oxygen atoms in total. The minimum atomic E-state index is -0.479. The monoisotopic (exact) mass is 211 g/mol. The fourth-order valence-corrected chi connectivity index (χ4v) is 1.05. The Kier molecular flexibility index (Phi) is 3.67. The van der Waals surface area contributed by atoms with Gasteiger partial charge in [0.2, 0.25) is 12.4 Å². The number of anilines is 3. The summed E-state index contributed by atoms with van der Waals surface area (Å²) in [6.07, 6.45) is 1.29. The largest absolute Gasteiger partial charge is 0.369 e. The summed E-state index contributed by atoms with van der Waals surface area (Å²) in [6, 6.07) is 0. The van der Waals surface area contributed by atoms with Gasteiger partial charge in [-0.05, 0) is 6.42 Å². The molecular weight excluding hydrogens is 198 g/mol. The molecule has 5 N–H and O–H groups in total. The first-order valence-corrected chi connectivity index (χ1v) is 4.53. The molecule has 0 aliphatic heterocycles. The zero-order valence-corrected chi connectivity index (χ0v) is 8.33. The molecule has 0 unspecified atom stereocenters. The number of aromatic amines is 1. The van der Waals surface area contributed by atoms with E-state index in [0.717, 1.165) is 6.42 Å². The summed E-state index contributed by atoms with van der Waals surface area (Å²) < 4.78 is 0. The van der Waals surface area contributed by atoms with Crippen LogP contribution in [-0.2, 0) is 4.79 Å². The third kappa shape index (κ3) is 2.70. The van der Waals surface area contributed by atoms with Crippen LogP contribution < -0.4 is 21.9 Å². The average molecular weight is 211 g/mol. The van der Waals surface area contributed by atoms with Gasteiger partial charge in [0.25, 0.3) is 5.56 Å². The van der Waals surface area contributed by atoms with Gasteiger partial charge >= 0.3 is 0 Å². The van der Waals surface area contributed by atoms with Crippen molar-refractivity contribution in [2.45, 2.75) is 13.3 Å². The summed E-state index contributed by atoms with van der Waals surface area (Å²) >= 11 is 0. The Bertz CT molecular complexity index is 401. The molecule has 0 aliphatic carbocycles. The predicted molar refractivity (Wildman–Crippen MR) is 57.7 cm³/mol. The molecule has 1 amide bonds. The van der Waals surface area contributed by atoms with E-state index in [1.165, 1.54) is 0 Å². The molecule has 0 bridgehead atoms. The van der Waals surface area contributed by atoms with Crippen molar-refractivity contribution >= 4 is 23.9 Å². The van der Waals surface area contributed by atoms with Gasteiger partial charge in [0.15, 0.2) is 5.82 Å². The zero-order valence-electron chi connectivity index (χ0n) is 8.33. The predicted octanol–water partition coefficient (Wildman–Crippen LogP) is -0.258. The highest BCUT2D eigenvalue weighted by Gasteiger charge is 2.08. The first-order chi connectivity index (χ1) is 7.19. The van der Waals surface area contributed by atoms with Crippen LogP contribution in [0.2, 0.25) is 0 Å². The number of amides is 1. The highest BCUT2D eigenvalue weighted by molar-refractivity contribution is 5.78. The second-order valence-electron chi connectivity index (χ2n) is 2.86. The maximum absolute atomic E-state index is 11.4. The van der Waals surface area contributed by atoms with E-state index in [2.05, 4.69) is 20.6 Å². The third-order valence-electron chi connectivity index (χ3n) is 1.68. The second-order valence-corrected chi connectivity index (χ2v) is 2.86. The van der Waals surface area contributed by atoms with E-state index in [9.17, 15) is 9.59 Å². The molecule has 7 heteroatoms. The second kappa shape index (κ2) is 4.99. The number of hydrogen-bond acceptors (Lipinski definition) is 5. The number of carbonyl (C=O) groups is 1. The lowest BCUT2D eigenvalue weighted by atomic mass is 10.4. The van der Waals surface area contributed by atoms with E-state index in [1.54, 1.807) is 0 Å². The number of nitrogen functional groups attached to an aromatic ring is 1. The van der Waals surface area contributed by atoms with Crippen molar-refractivity contribution in [1.82, 2.24) is 9.97 Å². The van der Waals surface area contributed by atoms with Gasteiger partial charge in [-0.3, -0.25) is 14.6 Å². The number of rotatable bonds is 5. The number of H-pyrrole nitrogens is 1. The number of hydrogen-bond donors (Lipinski definition) is 4. The Labute approximate surface area is 86.1 Å². The van der Waals surface area contributed by atoms with Crippen molar-refractivity contribution in [3.05, 3.63) is 10.4 Å². The normalized spacial score (nSPS) is 9.67. The van der Waals surface area contributed by atoms with Crippen LogP contribution in [0.25, 0.3) is 0 Å². The molecule has 1 heterocycles. The van der Waals surface area contributed by atoms with Crippen molar-refractivity contribution < 1.29 is 4.79 Å². The lowest BCUT2D eigenvalue weighted by Crippen LogP contribution is -2.20. The van der Waals surface area contributed by atoms with Crippen LogP contribution in [0.15, 0.2) is 4.79 Å². The van der Waals surface area contributed by atoms with E-state index in [0.29, 0.717) is 13.0 Å². The van der Waals surface area contributed by atoms with Gasteiger partial charge in [0, 0.05) is 6.54 Å². The SMILES string of the molecule is CCCNc1nc(N)[nH]c(=O)c1NC=O. The lowest BCUT2D eigenvalue weighted by molar-refractivity contribution is -0.105. The molecule has 1 rings (SSSR count). The van der Waals surface area contributed by atoms with Gasteiger partial charge in [0.1, 0.15) is 5.69 Å². The molecule has 0 aromatic carbocycles. The van der Waals surface area contributed by atoms with Crippen molar-refractivity contribution in [1.29, 1.82) is 0 Å². The third-order valence-corrected chi connectivity index (χ3v) is 1.68. The number of nitrogens with one attached hydrogen (secondary N) is 3. The summed E-state index contributed by atoms with van der Waals surface area (Å²) in [5, 5.41) is 5.17. The number of nitrogens with zero attached hydrogens (tertiary/aromatic N) is 1. The molecule has 0 saturated carbocycles. The first kappa shape index (κ1) is 11.0. The highest BCUT2D eigenvalue weighted by atomic mass is 16.1. The molecule has 0 saturated heterocycles. The van der Waals surface area contributed by atoms with Gasteiger partial charge in [-0.15, -0.1) is 0 Å². The van der Waals surface area contributed by atoms with Crippen LogP contribution in [0.1, 0.15) is 13.3 Å². The Morgan fingerprint density at radius 2 is 2.33 bits per heavy atom. The summed E-state index contributed by atoms with van der Waals surface area (Å²) in [5.74, 6) is 0.292. The lowest BCUT2D eigenvalue weighted by Gasteiger charge is -2.08. The molecule has 0 spiro atoms. The molecule has 0 atom stereocenters. The van der Waals surface area contributed by atoms with E-state index in [1.807, 2.05) is 6.92 Å². The summed E-state index contributed by atoms with van der Waals surface area (Å²) in [6.45, 7) is 2.61. The summed E-state index contributed by atoms with van der Waals surface area (Å²) in [4.78, 5) is 27.8. The maximum Gasteiger partial charge on any atom is 0.278 e. The van der Waals surface area contributed by atoms with E-state index >= 15 is 0 Å². The van der Waals surface area contributed by atoms with Gasteiger partial charge < -0.3 is 16.4 Å². The molecule has 0 fully saturated rings. The van der Waals surface area contributed by atoms with Crippen LogP contribution in [-0.4, -0.2) is 22.9 Å². The number of nitrogens with two attached hydrogens (primary N) is 1. The maximum atomic E-state index is 11.4. The van der Waals surface area contributed by atoms with Crippen LogP contribution >= 0.6 is 0 Å². The number of aromatic nitrogens is 2. The van der Waals surface area contributed by atoms with Gasteiger partial charge in [0.05, 0.1) is 0 Å². The Morgan fingerprint density at radius 1 is 1.60 bits per heavy atom. The smallest absolute Gasteiger partial charge is 0.278 e. The zero-order chi connectivity index (χ0) is 11.3. The van der Waals surface area contributed by atoms with Crippen molar-refractivity contribution in [3.8, 4) is 0 Å². The molecule has 1 aromatic rings. The highest BCUT2D eigenvalue weighted by Crippen LogP contribution is 2.13. The van der Waals surface area contributed by atoms with Crippen LogP contribution in [0.5, 0.6) is 0 Å². The summed E-state index contributed by atoms with van der Waals surface area (Å²) in [5.41, 5.74) is 4.97. The van der Waals surface area contributed by atoms with Crippen molar-refractivity contribution in [2.24, 2.45) is 0 Å². The van der Waals surface area contributed by atoms with Crippen LogP contribution in [0.4, 0.5) is 17.5 Å². The van der Waals surface area contributed by atoms with E-state index < -0.39 is 5.56 Å². The number of carbonyl (C=O) groups excluding carboxylic acids is 1. The van der Waals surface area contributed by atoms with Crippen LogP contribution in [0.3, 0.4) is 0 Å². The van der Waals surface area contributed by atoms with E-state index in [4.69, 9.17) is 5.73 Å². The van der Waals surface area contributed by atoms with Crippen LogP contribution in [0, 0.1) is 0 Å². The Morgan fingerprint density at radius 3 is 2.93 bits per heavy atom. The molecule has 15 heavy (non-hydrogen) atoms. The van der Waals surface area contributed by atoms with Gasteiger partial charge in [-0.25, -0.2) is 0 Å². The Balaban J connectivity index is 3.08. The van der Waals surface area contributed by atoms with Gasteiger partial charge in [-0.2, -0.15) is 4.98 Å². The van der Waals surface area contributed by atoms with E-state index in [-0.39, 0.29) is 17.5 Å². The minimum Gasteiger partial charge on any atom is -0.369 e. The average Bonchev–Trinajstić information content (AvgIpc) is 2.19. The van der Waals surface area contributed by atoms with Crippen molar-refractivity contribution in [2.75, 3.05) is 22.9 Å².